The first-order valence-corrected chi connectivity index (χ1v) is 18.4. The molecule has 0 unspecified atom stereocenters. The lowest BCUT2D eigenvalue weighted by atomic mass is 9.83. The highest BCUT2D eigenvalue weighted by atomic mass is 28.4. The SMILES string of the molecule is CCCCCCCCCCCCCC/C=C/[C@@H](C(=O)O)[C@@](CC(=O)OC)(O[Si](C)(C)C(C)(C)C)C(=O)OC(C)C. The Morgan fingerprint density at radius 3 is 1.73 bits per heavy atom. The van der Waals surface area contributed by atoms with E-state index in [9.17, 15) is 19.5 Å². The number of unbranched alkanes of at least 4 members (excludes halogenated alkanes) is 12. The lowest BCUT2D eigenvalue weighted by molar-refractivity contribution is -0.182. The van der Waals surface area contributed by atoms with Gasteiger partial charge in [-0.1, -0.05) is 110 Å². The van der Waals surface area contributed by atoms with Crippen LogP contribution in [0.15, 0.2) is 12.2 Å². The molecule has 0 radical (unpaired) electrons. The lowest BCUT2D eigenvalue weighted by Gasteiger charge is -2.45. The summed E-state index contributed by atoms with van der Waals surface area (Å²) >= 11 is 0. The summed E-state index contributed by atoms with van der Waals surface area (Å²) in [5, 5.41) is 9.97. The molecule has 234 valence electrons. The number of aliphatic carboxylic acids is 1. The van der Waals surface area contributed by atoms with Gasteiger partial charge in [0.2, 0.25) is 0 Å². The molecule has 7 nitrogen and oxygen atoms in total. The van der Waals surface area contributed by atoms with E-state index in [0.717, 1.165) is 19.3 Å². The third-order valence-electron chi connectivity index (χ3n) is 7.89. The number of carboxylic acids is 1. The van der Waals surface area contributed by atoms with Crippen molar-refractivity contribution in [1.82, 2.24) is 0 Å². The second-order valence-electron chi connectivity index (χ2n) is 12.9. The molecule has 40 heavy (non-hydrogen) atoms. The summed E-state index contributed by atoms with van der Waals surface area (Å²) in [6.07, 6.45) is 17.9. The normalized spacial score (nSPS) is 14.8. The van der Waals surface area contributed by atoms with Gasteiger partial charge in [-0.25, -0.2) is 4.79 Å². The minimum absolute atomic E-state index is 0.339. The van der Waals surface area contributed by atoms with Crippen LogP contribution in [-0.4, -0.2) is 50.1 Å². The minimum atomic E-state index is -2.74. The number of carbonyl (C=O) groups excluding carboxylic acids is 2. The van der Waals surface area contributed by atoms with Crippen molar-refractivity contribution in [3.63, 3.8) is 0 Å². The van der Waals surface area contributed by atoms with Crippen molar-refractivity contribution in [3.05, 3.63) is 12.2 Å². The Balaban J connectivity index is 5.45. The molecule has 0 saturated carbocycles. The second-order valence-corrected chi connectivity index (χ2v) is 17.6. The van der Waals surface area contributed by atoms with Crippen LogP contribution in [0.5, 0.6) is 0 Å². The van der Waals surface area contributed by atoms with Gasteiger partial charge in [-0.15, -0.1) is 0 Å². The Kier molecular flexibility index (Phi) is 18.6. The van der Waals surface area contributed by atoms with Crippen LogP contribution in [0.3, 0.4) is 0 Å². The number of allylic oxidation sites excluding steroid dienone is 1. The maximum Gasteiger partial charge on any atom is 0.339 e. The number of rotatable bonds is 22. The van der Waals surface area contributed by atoms with Gasteiger partial charge in [0.15, 0.2) is 13.9 Å². The zero-order chi connectivity index (χ0) is 30.8. The largest absolute Gasteiger partial charge is 0.481 e. The Morgan fingerprint density at radius 1 is 0.850 bits per heavy atom. The monoisotopic (exact) mass is 584 g/mol. The van der Waals surface area contributed by atoms with Crippen molar-refractivity contribution >= 4 is 26.2 Å². The van der Waals surface area contributed by atoms with Crippen LogP contribution >= 0.6 is 0 Å². The lowest BCUT2D eigenvalue weighted by Crippen LogP contribution is -2.60. The molecular formula is C32H60O7Si. The standard InChI is InChI=1S/C32H60O7Si/c1-10-11-12-13-14-15-16-17-18-19-20-21-22-23-24-27(29(34)35)32(25-28(33)37-7,30(36)38-26(2)3)39-40(8,9)31(4,5)6/h23-24,26-27H,10-22,25H2,1-9H3,(H,34,35)/b24-23+/t27-,32+/m0/s1. The van der Waals surface area contributed by atoms with E-state index in [2.05, 4.69) is 6.92 Å². The summed E-state index contributed by atoms with van der Waals surface area (Å²) in [7, 11) is -1.52. The van der Waals surface area contributed by atoms with Crippen LogP contribution in [0, 0.1) is 5.92 Å². The van der Waals surface area contributed by atoms with Gasteiger partial charge >= 0.3 is 17.9 Å². The molecule has 0 aromatic heterocycles. The van der Waals surface area contributed by atoms with E-state index >= 15 is 0 Å². The van der Waals surface area contributed by atoms with Gasteiger partial charge in [0.05, 0.1) is 19.6 Å². The molecule has 2 atom stereocenters. The summed E-state index contributed by atoms with van der Waals surface area (Å²) in [4.78, 5) is 38.8. The fraction of sp³-hybridized carbons (Fsp3) is 0.844. The van der Waals surface area contributed by atoms with Gasteiger partial charge < -0.3 is 19.0 Å². The van der Waals surface area contributed by atoms with Crippen LogP contribution in [0.2, 0.25) is 18.1 Å². The molecule has 0 heterocycles. The highest BCUT2D eigenvalue weighted by Crippen LogP contribution is 2.43. The molecule has 0 aromatic rings. The summed E-state index contributed by atoms with van der Waals surface area (Å²) in [6.45, 7) is 15.5. The average molecular weight is 585 g/mol. The summed E-state index contributed by atoms with van der Waals surface area (Å²) < 4.78 is 17.0. The molecule has 0 bridgehead atoms. The van der Waals surface area contributed by atoms with E-state index in [1.807, 2.05) is 33.9 Å². The minimum Gasteiger partial charge on any atom is -0.481 e. The van der Waals surface area contributed by atoms with Crippen molar-refractivity contribution in [2.24, 2.45) is 5.92 Å². The smallest absolute Gasteiger partial charge is 0.339 e. The predicted octanol–water partition coefficient (Wildman–Crippen LogP) is 8.61. The molecule has 0 fully saturated rings. The van der Waals surface area contributed by atoms with E-state index < -0.39 is 50.3 Å². The van der Waals surface area contributed by atoms with Crippen LogP contribution < -0.4 is 0 Å². The van der Waals surface area contributed by atoms with Crippen LogP contribution in [0.1, 0.15) is 131 Å². The Bertz CT molecular complexity index is 770. The molecule has 0 aliphatic carbocycles. The molecule has 0 spiro atoms. The highest BCUT2D eigenvalue weighted by Gasteiger charge is 2.57. The summed E-state index contributed by atoms with van der Waals surface area (Å²) in [6, 6.07) is 0. The fourth-order valence-electron chi connectivity index (χ4n) is 4.43. The molecular weight excluding hydrogens is 524 g/mol. The molecule has 0 rings (SSSR count). The van der Waals surface area contributed by atoms with E-state index in [1.54, 1.807) is 19.9 Å². The quantitative estimate of drug-likeness (QED) is 0.0588. The van der Waals surface area contributed by atoms with Gasteiger partial charge in [0.1, 0.15) is 5.92 Å². The molecule has 1 N–H and O–H groups in total. The number of hydrogen-bond acceptors (Lipinski definition) is 6. The summed E-state index contributed by atoms with van der Waals surface area (Å²) in [5.41, 5.74) is -2.03. The van der Waals surface area contributed by atoms with Crippen molar-refractivity contribution < 1.29 is 33.4 Å². The van der Waals surface area contributed by atoms with Gasteiger partial charge in [-0.3, -0.25) is 9.59 Å². The molecule has 0 aromatic carbocycles. The van der Waals surface area contributed by atoms with Gasteiger partial charge in [-0.05, 0) is 44.8 Å². The first-order valence-electron chi connectivity index (χ1n) is 15.5. The number of hydrogen-bond donors (Lipinski definition) is 1. The van der Waals surface area contributed by atoms with Gasteiger partial charge in [0.25, 0.3) is 0 Å². The maximum absolute atomic E-state index is 13.6. The molecule has 0 aliphatic rings. The van der Waals surface area contributed by atoms with Crippen molar-refractivity contribution in [3.8, 4) is 0 Å². The summed E-state index contributed by atoms with van der Waals surface area (Å²) in [5.74, 6) is -4.21. The first-order chi connectivity index (χ1) is 18.6. The van der Waals surface area contributed by atoms with Crippen molar-refractivity contribution in [2.45, 2.75) is 161 Å². The van der Waals surface area contributed by atoms with Crippen molar-refractivity contribution in [1.29, 1.82) is 0 Å². The molecule has 0 amide bonds. The zero-order valence-corrected chi connectivity index (χ0v) is 28.1. The highest BCUT2D eigenvalue weighted by molar-refractivity contribution is 6.74. The zero-order valence-electron chi connectivity index (χ0n) is 27.1. The van der Waals surface area contributed by atoms with Gasteiger partial charge in [0, 0.05) is 0 Å². The number of methoxy groups -OCH3 is 1. The third kappa shape index (κ3) is 14.3. The second kappa shape index (κ2) is 19.4. The van der Waals surface area contributed by atoms with Crippen LogP contribution in [0.25, 0.3) is 0 Å². The average Bonchev–Trinajstić information content (AvgIpc) is 2.84. The molecule has 0 saturated heterocycles. The van der Waals surface area contributed by atoms with Gasteiger partial charge in [-0.2, -0.15) is 0 Å². The number of carboxylic acid groups (broad SMARTS) is 1. The molecule has 8 heteroatoms. The Morgan fingerprint density at radius 2 is 1.32 bits per heavy atom. The number of ether oxygens (including phenoxy) is 2. The maximum atomic E-state index is 13.6. The van der Waals surface area contributed by atoms with Crippen LogP contribution in [0.4, 0.5) is 0 Å². The third-order valence-corrected chi connectivity index (χ3v) is 12.4. The van der Waals surface area contributed by atoms with E-state index in [0.29, 0.717) is 6.42 Å². The van der Waals surface area contributed by atoms with E-state index in [4.69, 9.17) is 13.9 Å². The van der Waals surface area contributed by atoms with Crippen LogP contribution in [-0.2, 0) is 28.3 Å². The number of carbonyl (C=O) groups is 3. The van der Waals surface area contributed by atoms with E-state index in [-0.39, 0.29) is 5.04 Å². The predicted molar refractivity (Wildman–Crippen MR) is 165 cm³/mol. The Hall–Kier alpha value is -1.67. The first kappa shape index (κ1) is 38.3. The number of esters is 2. The topological polar surface area (TPSA) is 99.1 Å². The van der Waals surface area contributed by atoms with E-state index in [1.165, 1.54) is 71.0 Å². The van der Waals surface area contributed by atoms with Crippen molar-refractivity contribution in [2.75, 3.05) is 7.11 Å². The fourth-order valence-corrected chi connectivity index (χ4v) is 5.93. The molecule has 0 aliphatic heterocycles. The Labute approximate surface area is 245 Å².